The molecule has 0 atom stereocenters. The molecule has 190 valence electrons. The van der Waals surface area contributed by atoms with Crippen molar-refractivity contribution in [2.45, 2.75) is 19.9 Å². The van der Waals surface area contributed by atoms with Gasteiger partial charge in [0.2, 0.25) is 0 Å². The van der Waals surface area contributed by atoms with Crippen LogP contribution in [-0.4, -0.2) is 66.7 Å². The Morgan fingerprint density at radius 2 is 1.92 bits per heavy atom. The minimum absolute atomic E-state index is 0.198. The van der Waals surface area contributed by atoms with Crippen LogP contribution in [0, 0.1) is 0 Å². The Morgan fingerprint density at radius 1 is 1.08 bits per heavy atom. The molecule has 1 aromatic heterocycles. The number of rotatable bonds is 10. The molecule has 0 unspecified atom stereocenters. The lowest BCUT2D eigenvalue weighted by atomic mass is 10.1. The number of hydrogen-bond acceptors (Lipinski definition) is 6. The number of amides is 2. The van der Waals surface area contributed by atoms with Gasteiger partial charge in [0.15, 0.2) is 0 Å². The molecule has 9 nitrogen and oxygen atoms in total. The monoisotopic (exact) mass is 491 g/mol. The second-order valence-corrected chi connectivity index (χ2v) is 8.58. The highest BCUT2D eigenvalue weighted by molar-refractivity contribution is 5.89. The van der Waals surface area contributed by atoms with Crippen LogP contribution in [0.4, 0.5) is 10.5 Å². The molecular formula is C27H33N5O4. The Balaban J connectivity index is 1.39. The summed E-state index contributed by atoms with van der Waals surface area (Å²) in [5.41, 5.74) is 2.87. The third-order valence-electron chi connectivity index (χ3n) is 5.84. The van der Waals surface area contributed by atoms with Gasteiger partial charge in [0.1, 0.15) is 5.75 Å². The van der Waals surface area contributed by atoms with Crippen LogP contribution >= 0.6 is 0 Å². The predicted octanol–water partition coefficient (Wildman–Crippen LogP) is 3.20. The van der Waals surface area contributed by atoms with E-state index in [1.165, 1.54) is 10.7 Å². The van der Waals surface area contributed by atoms with Gasteiger partial charge in [-0.25, -0.2) is 9.48 Å². The van der Waals surface area contributed by atoms with Gasteiger partial charge >= 0.3 is 6.03 Å². The van der Waals surface area contributed by atoms with Gasteiger partial charge < -0.3 is 20.1 Å². The van der Waals surface area contributed by atoms with Crippen molar-refractivity contribution >= 4 is 11.7 Å². The third kappa shape index (κ3) is 7.40. The largest absolute Gasteiger partial charge is 0.494 e. The van der Waals surface area contributed by atoms with Crippen molar-refractivity contribution in [3.63, 3.8) is 0 Å². The normalized spacial score (nSPS) is 13.8. The first-order chi connectivity index (χ1) is 17.6. The van der Waals surface area contributed by atoms with Crippen molar-refractivity contribution < 1.29 is 14.3 Å². The van der Waals surface area contributed by atoms with E-state index in [4.69, 9.17) is 9.47 Å². The lowest BCUT2D eigenvalue weighted by Crippen LogP contribution is -2.37. The number of carbonyl (C=O) groups excluding carboxylic acids is 1. The van der Waals surface area contributed by atoms with E-state index in [9.17, 15) is 9.59 Å². The smallest absolute Gasteiger partial charge is 0.319 e. The summed E-state index contributed by atoms with van der Waals surface area (Å²) in [6.07, 6.45) is 0.946. The highest BCUT2D eigenvalue weighted by Crippen LogP contribution is 2.22. The highest BCUT2D eigenvalue weighted by atomic mass is 16.5. The Labute approximate surface area is 211 Å². The molecule has 36 heavy (non-hydrogen) atoms. The first-order valence-corrected chi connectivity index (χ1v) is 12.4. The number of aromatic nitrogens is 2. The van der Waals surface area contributed by atoms with Crippen molar-refractivity contribution in [2.24, 2.45) is 0 Å². The number of anilines is 1. The number of ether oxygens (including phenoxy) is 2. The SMILES string of the molecule is CCNC(=O)Nc1cccc(Cn2nc(-c3cccc(OCCCN4CCOCC4)c3)ccc2=O)c1. The first kappa shape index (κ1) is 25.4. The molecule has 0 aliphatic carbocycles. The Hall–Kier alpha value is -3.69. The number of nitrogens with zero attached hydrogens (tertiary/aromatic N) is 3. The van der Waals surface area contributed by atoms with Crippen LogP contribution in [0.2, 0.25) is 0 Å². The summed E-state index contributed by atoms with van der Waals surface area (Å²) in [4.78, 5) is 26.7. The molecule has 0 bridgehead atoms. The van der Waals surface area contributed by atoms with Crippen LogP contribution < -0.4 is 20.9 Å². The third-order valence-corrected chi connectivity index (χ3v) is 5.84. The first-order valence-electron chi connectivity index (χ1n) is 12.4. The highest BCUT2D eigenvalue weighted by Gasteiger charge is 2.10. The van der Waals surface area contributed by atoms with Crippen LogP contribution in [0.25, 0.3) is 11.3 Å². The lowest BCUT2D eigenvalue weighted by molar-refractivity contribution is 0.0358. The average Bonchev–Trinajstić information content (AvgIpc) is 2.89. The van der Waals surface area contributed by atoms with Gasteiger partial charge in [0.25, 0.3) is 5.56 Å². The van der Waals surface area contributed by atoms with Crippen molar-refractivity contribution in [3.05, 3.63) is 76.6 Å². The van der Waals surface area contributed by atoms with Crippen LogP contribution in [-0.2, 0) is 11.3 Å². The minimum atomic E-state index is -0.268. The Morgan fingerprint density at radius 3 is 2.75 bits per heavy atom. The van der Waals surface area contributed by atoms with E-state index in [1.807, 2.05) is 49.4 Å². The fourth-order valence-corrected chi connectivity index (χ4v) is 4.02. The van der Waals surface area contributed by atoms with E-state index in [1.54, 1.807) is 12.1 Å². The quantitative estimate of drug-likeness (QED) is 0.423. The molecular weight excluding hydrogens is 458 g/mol. The van der Waals surface area contributed by atoms with Gasteiger partial charge in [-0.15, -0.1) is 0 Å². The zero-order valence-electron chi connectivity index (χ0n) is 20.6. The van der Waals surface area contributed by atoms with Crippen molar-refractivity contribution in [2.75, 3.05) is 51.3 Å². The number of urea groups is 1. The molecule has 4 rings (SSSR count). The van der Waals surface area contributed by atoms with Crippen LogP contribution in [0.3, 0.4) is 0 Å². The van der Waals surface area contributed by atoms with E-state index in [-0.39, 0.29) is 18.1 Å². The summed E-state index contributed by atoms with van der Waals surface area (Å²) in [6, 6.07) is 18.1. The second kappa shape index (κ2) is 12.9. The van der Waals surface area contributed by atoms with Crippen LogP contribution in [0.5, 0.6) is 5.75 Å². The second-order valence-electron chi connectivity index (χ2n) is 8.58. The molecule has 2 amide bonds. The molecule has 2 aromatic carbocycles. The fraction of sp³-hybridized carbons (Fsp3) is 0.370. The number of morpholine rings is 1. The number of carbonyl (C=O) groups is 1. The van der Waals surface area contributed by atoms with Crippen LogP contribution in [0.15, 0.2) is 65.5 Å². The predicted molar refractivity (Wildman–Crippen MR) is 140 cm³/mol. The van der Waals surface area contributed by atoms with Crippen molar-refractivity contribution in [3.8, 4) is 17.0 Å². The van der Waals surface area contributed by atoms with Gasteiger partial charge in [-0.1, -0.05) is 24.3 Å². The van der Waals surface area contributed by atoms with Crippen molar-refractivity contribution in [1.29, 1.82) is 0 Å². The zero-order chi connectivity index (χ0) is 25.2. The maximum absolute atomic E-state index is 12.5. The molecule has 0 radical (unpaired) electrons. The summed E-state index contributed by atoms with van der Waals surface area (Å²) in [5, 5.41) is 10.1. The summed E-state index contributed by atoms with van der Waals surface area (Å²) < 4.78 is 12.8. The standard InChI is InChI=1S/C27H33N5O4/c1-2-28-27(34)29-23-8-3-6-21(18-23)20-32-26(33)11-10-25(30-32)22-7-4-9-24(19-22)36-15-5-12-31-13-16-35-17-14-31/h3-4,6-11,18-19H,2,5,12-17,20H2,1H3,(H2,28,29,34). The molecule has 1 aliphatic heterocycles. The Kier molecular flexibility index (Phi) is 9.07. The summed E-state index contributed by atoms with van der Waals surface area (Å²) in [6.45, 7) is 7.87. The summed E-state index contributed by atoms with van der Waals surface area (Å²) >= 11 is 0. The zero-order valence-corrected chi connectivity index (χ0v) is 20.6. The maximum Gasteiger partial charge on any atom is 0.319 e. The molecule has 2 heterocycles. The molecule has 1 aliphatic rings. The van der Waals surface area contributed by atoms with Gasteiger partial charge in [-0.05, 0) is 49.2 Å². The molecule has 2 N–H and O–H groups in total. The molecule has 1 saturated heterocycles. The van der Waals surface area contributed by atoms with Gasteiger partial charge in [-0.3, -0.25) is 9.69 Å². The topological polar surface area (TPSA) is 97.7 Å². The van der Waals surface area contributed by atoms with E-state index >= 15 is 0 Å². The van der Waals surface area contributed by atoms with Crippen molar-refractivity contribution in [1.82, 2.24) is 20.0 Å². The van der Waals surface area contributed by atoms with E-state index in [0.29, 0.717) is 24.5 Å². The fourth-order valence-electron chi connectivity index (χ4n) is 4.02. The number of benzene rings is 2. The van der Waals surface area contributed by atoms with Gasteiger partial charge in [0.05, 0.1) is 32.1 Å². The Bertz CT molecular complexity index is 1210. The number of hydrogen-bond donors (Lipinski definition) is 2. The van der Waals surface area contributed by atoms with E-state index in [2.05, 4.69) is 20.6 Å². The molecule has 1 fully saturated rings. The molecule has 0 saturated carbocycles. The average molecular weight is 492 g/mol. The van der Waals surface area contributed by atoms with Gasteiger partial charge in [0, 0.05) is 43.5 Å². The maximum atomic E-state index is 12.5. The lowest BCUT2D eigenvalue weighted by Gasteiger charge is -2.26. The van der Waals surface area contributed by atoms with Crippen LogP contribution in [0.1, 0.15) is 18.9 Å². The van der Waals surface area contributed by atoms with E-state index < -0.39 is 0 Å². The molecule has 3 aromatic rings. The number of nitrogens with one attached hydrogen (secondary N) is 2. The van der Waals surface area contributed by atoms with E-state index in [0.717, 1.165) is 56.1 Å². The molecule has 9 heteroatoms. The molecule has 0 spiro atoms. The minimum Gasteiger partial charge on any atom is -0.494 e. The summed E-state index contributed by atoms with van der Waals surface area (Å²) in [7, 11) is 0. The van der Waals surface area contributed by atoms with Gasteiger partial charge in [-0.2, -0.15) is 5.10 Å². The summed E-state index contributed by atoms with van der Waals surface area (Å²) in [5.74, 6) is 0.776.